The maximum Gasteiger partial charge on any atom is 0.203 e. The van der Waals surface area contributed by atoms with Gasteiger partial charge in [-0.15, -0.1) is 0 Å². The Morgan fingerprint density at radius 3 is 2.60 bits per heavy atom. The quantitative estimate of drug-likeness (QED) is 0.799. The third-order valence-corrected chi connectivity index (χ3v) is 2.58. The van der Waals surface area contributed by atoms with Gasteiger partial charge in [0.05, 0.1) is 6.20 Å². The average Bonchev–Trinajstić information content (AvgIpc) is 2.71. The Morgan fingerprint density at radius 2 is 2.07 bits per heavy atom. The predicted octanol–water partition coefficient (Wildman–Crippen LogP) is 4.03. The van der Waals surface area contributed by atoms with Gasteiger partial charge in [0.25, 0.3) is 0 Å². The number of imidazole rings is 1. The lowest BCUT2D eigenvalue weighted by atomic mass is 10.3. The van der Waals surface area contributed by atoms with Crippen molar-refractivity contribution in [1.82, 2.24) is 9.55 Å². The van der Waals surface area contributed by atoms with Crippen molar-refractivity contribution in [1.29, 1.82) is 0 Å². The fraction of sp³-hybridized carbons (Fsp3) is 0.300. The maximum absolute atomic E-state index is 5.97. The molecule has 0 fully saturated rings. The first-order chi connectivity index (χ1) is 7.09. The molecule has 0 saturated heterocycles. The molecule has 2 rings (SSSR count). The SMILES string of the molecule is CC(C)n1c(-c2ccc(Cl)o2)cnc1Cl. The molecule has 0 aliphatic carbocycles. The van der Waals surface area contributed by atoms with Crippen LogP contribution in [0.25, 0.3) is 11.5 Å². The van der Waals surface area contributed by atoms with Gasteiger partial charge in [0, 0.05) is 6.04 Å². The highest BCUT2D eigenvalue weighted by atomic mass is 35.5. The van der Waals surface area contributed by atoms with E-state index in [1.807, 2.05) is 18.4 Å². The highest BCUT2D eigenvalue weighted by Crippen LogP contribution is 2.29. The maximum atomic E-state index is 5.97. The molecule has 2 heterocycles. The minimum absolute atomic E-state index is 0.221. The molecule has 0 spiro atoms. The lowest BCUT2D eigenvalue weighted by Gasteiger charge is -2.11. The zero-order valence-electron chi connectivity index (χ0n) is 8.37. The molecule has 2 aromatic rings. The number of nitrogens with zero attached hydrogens (tertiary/aromatic N) is 2. The molecule has 80 valence electrons. The summed E-state index contributed by atoms with van der Waals surface area (Å²) in [7, 11) is 0. The average molecular weight is 245 g/mol. The molecular weight excluding hydrogens is 235 g/mol. The minimum Gasteiger partial charge on any atom is -0.443 e. The second-order valence-corrected chi connectivity index (χ2v) is 4.19. The summed E-state index contributed by atoms with van der Waals surface area (Å²) in [5.41, 5.74) is 0.835. The Kier molecular flexibility index (Phi) is 2.76. The third-order valence-electron chi connectivity index (χ3n) is 2.09. The van der Waals surface area contributed by atoms with Crippen molar-refractivity contribution >= 4 is 23.2 Å². The smallest absolute Gasteiger partial charge is 0.203 e. The summed E-state index contributed by atoms with van der Waals surface area (Å²) >= 11 is 11.7. The summed E-state index contributed by atoms with van der Waals surface area (Å²) in [6.07, 6.45) is 1.68. The number of furan rings is 1. The van der Waals surface area contributed by atoms with Crippen LogP contribution < -0.4 is 0 Å². The van der Waals surface area contributed by atoms with Crippen LogP contribution in [0.2, 0.25) is 10.5 Å². The summed E-state index contributed by atoms with van der Waals surface area (Å²) in [6.45, 7) is 4.06. The van der Waals surface area contributed by atoms with E-state index in [1.54, 1.807) is 18.3 Å². The first-order valence-electron chi connectivity index (χ1n) is 4.58. The van der Waals surface area contributed by atoms with Crippen LogP contribution in [0.3, 0.4) is 0 Å². The van der Waals surface area contributed by atoms with Crippen LogP contribution in [-0.2, 0) is 0 Å². The van der Waals surface area contributed by atoms with E-state index in [1.165, 1.54) is 0 Å². The molecule has 5 heteroatoms. The first-order valence-corrected chi connectivity index (χ1v) is 5.33. The minimum atomic E-state index is 0.221. The molecule has 0 saturated carbocycles. The van der Waals surface area contributed by atoms with Crippen LogP contribution in [0.5, 0.6) is 0 Å². The lowest BCUT2D eigenvalue weighted by molar-refractivity contribution is 0.557. The summed E-state index contributed by atoms with van der Waals surface area (Å²) in [5.74, 6) is 0.674. The van der Waals surface area contributed by atoms with Crippen LogP contribution >= 0.6 is 23.2 Å². The van der Waals surface area contributed by atoms with Gasteiger partial charge >= 0.3 is 0 Å². The topological polar surface area (TPSA) is 31.0 Å². The van der Waals surface area contributed by atoms with E-state index in [0.717, 1.165) is 5.69 Å². The standard InChI is InChI=1S/C10H10Cl2N2O/c1-6(2)14-7(5-13-10(14)12)8-3-4-9(11)15-8/h3-6H,1-2H3. The summed E-state index contributed by atoms with van der Waals surface area (Å²) in [6, 6.07) is 3.72. The Bertz CT molecular complexity index is 473. The van der Waals surface area contributed by atoms with E-state index in [4.69, 9.17) is 27.6 Å². The molecule has 0 aliphatic heterocycles. The Morgan fingerprint density at radius 1 is 1.33 bits per heavy atom. The molecule has 0 unspecified atom stereocenters. The lowest BCUT2D eigenvalue weighted by Crippen LogP contribution is -2.02. The van der Waals surface area contributed by atoms with Gasteiger partial charge in [0.15, 0.2) is 11.0 Å². The van der Waals surface area contributed by atoms with E-state index in [2.05, 4.69) is 4.98 Å². The molecule has 0 N–H and O–H groups in total. The van der Waals surface area contributed by atoms with Crippen molar-refractivity contribution in [3.63, 3.8) is 0 Å². The van der Waals surface area contributed by atoms with E-state index >= 15 is 0 Å². The van der Waals surface area contributed by atoms with Gasteiger partial charge in [-0.1, -0.05) is 0 Å². The molecule has 0 amide bonds. The van der Waals surface area contributed by atoms with Gasteiger partial charge in [0.1, 0.15) is 5.69 Å². The summed E-state index contributed by atoms with van der Waals surface area (Å²) in [5, 5.41) is 0.810. The van der Waals surface area contributed by atoms with E-state index in [0.29, 0.717) is 16.3 Å². The van der Waals surface area contributed by atoms with Crippen molar-refractivity contribution < 1.29 is 4.42 Å². The Hall–Kier alpha value is -0.930. The Balaban J connectivity index is 2.53. The fourth-order valence-corrected chi connectivity index (χ4v) is 1.94. The van der Waals surface area contributed by atoms with E-state index in [-0.39, 0.29) is 6.04 Å². The second kappa shape index (κ2) is 3.91. The van der Waals surface area contributed by atoms with Crippen molar-refractivity contribution in [2.45, 2.75) is 19.9 Å². The molecule has 0 radical (unpaired) electrons. The van der Waals surface area contributed by atoms with Gasteiger partial charge in [-0.3, -0.25) is 0 Å². The van der Waals surface area contributed by atoms with Crippen molar-refractivity contribution in [2.75, 3.05) is 0 Å². The molecule has 3 nitrogen and oxygen atoms in total. The van der Waals surface area contributed by atoms with Gasteiger partial charge in [-0.05, 0) is 49.2 Å². The highest BCUT2D eigenvalue weighted by Gasteiger charge is 2.15. The van der Waals surface area contributed by atoms with Gasteiger partial charge < -0.3 is 8.98 Å². The zero-order chi connectivity index (χ0) is 11.0. The molecule has 0 bridgehead atoms. The fourth-order valence-electron chi connectivity index (χ4n) is 1.46. The molecule has 0 atom stereocenters. The largest absolute Gasteiger partial charge is 0.443 e. The predicted molar refractivity (Wildman–Crippen MR) is 60.3 cm³/mol. The van der Waals surface area contributed by atoms with Gasteiger partial charge in [-0.25, -0.2) is 4.98 Å². The van der Waals surface area contributed by atoms with Crippen molar-refractivity contribution in [2.24, 2.45) is 0 Å². The number of hydrogen-bond donors (Lipinski definition) is 0. The molecule has 15 heavy (non-hydrogen) atoms. The molecule has 2 aromatic heterocycles. The van der Waals surface area contributed by atoms with Crippen molar-refractivity contribution in [3.8, 4) is 11.5 Å². The molecule has 0 aromatic carbocycles. The van der Waals surface area contributed by atoms with E-state index in [9.17, 15) is 0 Å². The highest BCUT2D eigenvalue weighted by molar-refractivity contribution is 6.29. The van der Waals surface area contributed by atoms with Crippen LogP contribution in [0.4, 0.5) is 0 Å². The molecular formula is C10H10Cl2N2O. The van der Waals surface area contributed by atoms with Gasteiger partial charge in [0.2, 0.25) is 5.28 Å². The van der Waals surface area contributed by atoms with Crippen LogP contribution in [0, 0.1) is 0 Å². The summed E-state index contributed by atoms with van der Waals surface area (Å²) < 4.78 is 7.21. The monoisotopic (exact) mass is 244 g/mol. The third kappa shape index (κ3) is 1.90. The van der Waals surface area contributed by atoms with Crippen molar-refractivity contribution in [3.05, 3.63) is 28.8 Å². The normalized spacial score (nSPS) is 11.3. The number of rotatable bonds is 2. The van der Waals surface area contributed by atoms with Crippen LogP contribution in [0.15, 0.2) is 22.7 Å². The summed E-state index contributed by atoms with van der Waals surface area (Å²) in [4.78, 5) is 4.05. The van der Waals surface area contributed by atoms with Crippen LogP contribution in [-0.4, -0.2) is 9.55 Å². The Labute approximate surface area is 97.6 Å². The number of hydrogen-bond acceptors (Lipinski definition) is 2. The second-order valence-electron chi connectivity index (χ2n) is 3.48. The van der Waals surface area contributed by atoms with Crippen LogP contribution in [0.1, 0.15) is 19.9 Å². The molecule has 0 aliphatic rings. The number of halogens is 2. The first kappa shape index (κ1) is 10.6. The van der Waals surface area contributed by atoms with E-state index < -0.39 is 0 Å². The number of aromatic nitrogens is 2. The zero-order valence-corrected chi connectivity index (χ0v) is 9.88. The van der Waals surface area contributed by atoms with Gasteiger partial charge in [-0.2, -0.15) is 0 Å².